The van der Waals surface area contributed by atoms with Crippen molar-refractivity contribution in [3.8, 4) is 11.3 Å². The first-order valence-electron chi connectivity index (χ1n) is 15.3. The summed E-state index contributed by atoms with van der Waals surface area (Å²) in [5.74, 6) is -0.890. The van der Waals surface area contributed by atoms with Crippen molar-refractivity contribution in [2.45, 2.75) is 52.1 Å². The second-order valence-electron chi connectivity index (χ2n) is 12.9. The number of hydrogen-bond acceptors (Lipinski definition) is 6. The number of carbonyl (C=O) groups excluding carboxylic acids is 2. The number of aromatic nitrogens is 2. The predicted molar refractivity (Wildman–Crippen MR) is 179 cm³/mol. The highest BCUT2D eigenvalue weighted by Gasteiger charge is 2.34. The topological polar surface area (TPSA) is 122 Å². The molecule has 0 radical (unpaired) electrons. The van der Waals surface area contributed by atoms with Gasteiger partial charge in [-0.05, 0) is 60.2 Å². The van der Waals surface area contributed by atoms with Gasteiger partial charge in [-0.25, -0.2) is 4.98 Å². The standard InChI is InChI=1S/C36H42N6O3/c1-23-27(12-9-13-29(23)40-34(44)25-14-16-26(17-15-25)36(2,3)4)30-21-41(5)35(45)33(38-30)39-31-22-42(19-18-28(31)32(37)43)20-24-10-7-6-8-11-24/h6-17,21,28,31H,18-20,22H2,1-5H3,(H2,37,43)(H,38,39)(H,40,44). The Morgan fingerprint density at radius 2 is 1.71 bits per heavy atom. The Balaban J connectivity index is 1.39. The molecule has 1 fully saturated rings. The number of nitrogens with one attached hydrogen (secondary N) is 2. The summed E-state index contributed by atoms with van der Waals surface area (Å²) in [6, 6.07) is 23.0. The summed E-state index contributed by atoms with van der Waals surface area (Å²) in [5.41, 5.74) is 11.2. The van der Waals surface area contributed by atoms with Crippen LogP contribution in [0, 0.1) is 12.8 Å². The fourth-order valence-corrected chi connectivity index (χ4v) is 5.86. The van der Waals surface area contributed by atoms with Crippen molar-refractivity contribution < 1.29 is 9.59 Å². The average Bonchev–Trinajstić information content (AvgIpc) is 3.00. The Kier molecular flexibility index (Phi) is 9.20. The van der Waals surface area contributed by atoms with Gasteiger partial charge < -0.3 is 20.9 Å². The number of primary amides is 1. The van der Waals surface area contributed by atoms with Crippen LogP contribution in [0.3, 0.4) is 0 Å². The van der Waals surface area contributed by atoms with Gasteiger partial charge in [-0.2, -0.15) is 0 Å². The molecule has 2 atom stereocenters. The Morgan fingerprint density at radius 3 is 2.38 bits per heavy atom. The fourth-order valence-electron chi connectivity index (χ4n) is 5.86. The molecule has 2 unspecified atom stereocenters. The van der Waals surface area contributed by atoms with E-state index in [1.54, 1.807) is 13.2 Å². The van der Waals surface area contributed by atoms with E-state index in [9.17, 15) is 14.4 Å². The minimum Gasteiger partial charge on any atom is -0.369 e. The summed E-state index contributed by atoms with van der Waals surface area (Å²) < 4.78 is 1.48. The molecule has 2 heterocycles. The van der Waals surface area contributed by atoms with E-state index in [4.69, 9.17) is 10.7 Å². The zero-order chi connectivity index (χ0) is 32.3. The van der Waals surface area contributed by atoms with Crippen LogP contribution in [0.15, 0.2) is 83.8 Å². The largest absolute Gasteiger partial charge is 0.369 e. The molecular formula is C36H42N6O3. The van der Waals surface area contributed by atoms with Gasteiger partial charge in [-0.15, -0.1) is 0 Å². The van der Waals surface area contributed by atoms with Gasteiger partial charge in [0, 0.05) is 43.1 Å². The molecular weight excluding hydrogens is 564 g/mol. The lowest BCUT2D eigenvalue weighted by Crippen LogP contribution is -2.52. The number of benzene rings is 3. The molecule has 9 nitrogen and oxygen atoms in total. The highest BCUT2D eigenvalue weighted by atomic mass is 16.2. The molecule has 1 aliphatic rings. The van der Waals surface area contributed by atoms with Crippen molar-refractivity contribution >= 4 is 23.3 Å². The number of nitrogens with zero attached hydrogens (tertiary/aromatic N) is 3. The summed E-state index contributed by atoms with van der Waals surface area (Å²) in [6.07, 6.45) is 2.26. The molecule has 2 amide bonds. The van der Waals surface area contributed by atoms with Gasteiger partial charge in [0.2, 0.25) is 5.91 Å². The van der Waals surface area contributed by atoms with Gasteiger partial charge in [-0.1, -0.05) is 75.4 Å². The monoisotopic (exact) mass is 606 g/mol. The predicted octanol–water partition coefficient (Wildman–Crippen LogP) is 5.09. The number of aryl methyl sites for hydroxylation is 1. The maximum atomic E-state index is 13.3. The molecule has 1 aliphatic heterocycles. The zero-order valence-corrected chi connectivity index (χ0v) is 26.6. The van der Waals surface area contributed by atoms with Crippen molar-refractivity contribution in [1.82, 2.24) is 14.5 Å². The van der Waals surface area contributed by atoms with Gasteiger partial charge in [0.05, 0.1) is 17.7 Å². The number of nitrogens with two attached hydrogens (primary N) is 1. The Hall–Kier alpha value is -4.76. The normalized spacial score (nSPS) is 17.1. The van der Waals surface area contributed by atoms with E-state index in [1.807, 2.05) is 67.6 Å². The third-order valence-electron chi connectivity index (χ3n) is 8.58. The first-order valence-corrected chi connectivity index (χ1v) is 15.3. The van der Waals surface area contributed by atoms with E-state index in [0.29, 0.717) is 29.9 Å². The van der Waals surface area contributed by atoms with Crippen LogP contribution in [0.4, 0.5) is 11.5 Å². The van der Waals surface area contributed by atoms with Gasteiger partial charge in [0.15, 0.2) is 5.82 Å². The lowest BCUT2D eigenvalue weighted by atomic mass is 9.86. The molecule has 234 valence electrons. The molecule has 4 aromatic rings. The first-order chi connectivity index (χ1) is 21.4. The molecule has 0 spiro atoms. The second-order valence-corrected chi connectivity index (χ2v) is 12.9. The average molecular weight is 607 g/mol. The molecule has 1 aromatic heterocycles. The zero-order valence-electron chi connectivity index (χ0n) is 26.6. The summed E-state index contributed by atoms with van der Waals surface area (Å²) in [6.45, 7) is 10.3. The van der Waals surface area contributed by atoms with E-state index in [1.165, 1.54) is 10.1 Å². The molecule has 0 bridgehead atoms. The summed E-state index contributed by atoms with van der Waals surface area (Å²) in [7, 11) is 1.68. The van der Waals surface area contributed by atoms with Crippen molar-refractivity contribution in [3.63, 3.8) is 0 Å². The second kappa shape index (κ2) is 13.1. The number of amides is 2. The molecule has 5 rings (SSSR count). The lowest BCUT2D eigenvalue weighted by molar-refractivity contribution is -0.123. The van der Waals surface area contributed by atoms with Crippen LogP contribution >= 0.6 is 0 Å². The van der Waals surface area contributed by atoms with Gasteiger partial charge in [0.25, 0.3) is 11.5 Å². The fraction of sp³-hybridized carbons (Fsp3) is 0.333. The van der Waals surface area contributed by atoms with Crippen molar-refractivity contribution in [3.05, 3.63) is 112 Å². The Bertz CT molecular complexity index is 1740. The first kappa shape index (κ1) is 31.7. The van der Waals surface area contributed by atoms with Crippen molar-refractivity contribution in [2.75, 3.05) is 23.7 Å². The van der Waals surface area contributed by atoms with Crippen LogP contribution in [0.25, 0.3) is 11.3 Å². The van der Waals surface area contributed by atoms with E-state index in [-0.39, 0.29) is 28.7 Å². The number of carbonyl (C=O) groups is 2. The van der Waals surface area contributed by atoms with Crippen molar-refractivity contribution in [2.24, 2.45) is 18.7 Å². The van der Waals surface area contributed by atoms with Crippen LogP contribution < -0.4 is 21.9 Å². The van der Waals surface area contributed by atoms with E-state index in [0.717, 1.165) is 29.8 Å². The SMILES string of the molecule is Cc1c(NC(=O)c2ccc(C(C)(C)C)cc2)cccc1-c1cn(C)c(=O)c(NC2CN(Cc3ccccc3)CCC2C(N)=O)n1. The smallest absolute Gasteiger partial charge is 0.293 e. The highest BCUT2D eigenvalue weighted by Crippen LogP contribution is 2.29. The number of hydrogen-bond donors (Lipinski definition) is 3. The summed E-state index contributed by atoms with van der Waals surface area (Å²) in [4.78, 5) is 45.8. The highest BCUT2D eigenvalue weighted by molar-refractivity contribution is 6.05. The van der Waals surface area contributed by atoms with Crippen LogP contribution in [-0.4, -0.2) is 45.4 Å². The Labute approximate surface area is 264 Å². The van der Waals surface area contributed by atoms with Crippen LogP contribution in [0.5, 0.6) is 0 Å². The molecule has 0 aliphatic carbocycles. The summed E-state index contributed by atoms with van der Waals surface area (Å²) in [5, 5.41) is 6.33. The van der Waals surface area contributed by atoms with Gasteiger partial charge in [0.1, 0.15) is 0 Å². The molecule has 45 heavy (non-hydrogen) atoms. The van der Waals surface area contributed by atoms with Gasteiger partial charge in [-0.3, -0.25) is 19.3 Å². The minimum absolute atomic E-state index is 0.00426. The number of rotatable bonds is 8. The van der Waals surface area contributed by atoms with Crippen LogP contribution in [-0.2, 0) is 23.8 Å². The van der Waals surface area contributed by atoms with E-state index < -0.39 is 11.8 Å². The van der Waals surface area contributed by atoms with Crippen LogP contribution in [0.1, 0.15) is 54.2 Å². The maximum Gasteiger partial charge on any atom is 0.293 e. The van der Waals surface area contributed by atoms with Crippen molar-refractivity contribution in [1.29, 1.82) is 0 Å². The van der Waals surface area contributed by atoms with Gasteiger partial charge >= 0.3 is 0 Å². The number of likely N-dealkylation sites (tertiary alicyclic amines) is 1. The summed E-state index contributed by atoms with van der Waals surface area (Å²) >= 11 is 0. The third kappa shape index (κ3) is 7.32. The molecule has 0 saturated carbocycles. The molecule has 1 saturated heterocycles. The molecule has 3 aromatic carbocycles. The molecule has 4 N–H and O–H groups in total. The van der Waals surface area contributed by atoms with E-state index in [2.05, 4.69) is 48.4 Å². The molecule has 9 heteroatoms. The number of anilines is 2. The Morgan fingerprint density at radius 1 is 1.00 bits per heavy atom. The number of piperidine rings is 1. The lowest BCUT2D eigenvalue weighted by Gasteiger charge is -2.37. The maximum absolute atomic E-state index is 13.3. The quantitative estimate of drug-likeness (QED) is 0.257. The van der Waals surface area contributed by atoms with Crippen LogP contribution in [0.2, 0.25) is 0 Å². The van der Waals surface area contributed by atoms with E-state index >= 15 is 0 Å². The minimum atomic E-state index is -0.440. The third-order valence-corrected chi connectivity index (χ3v) is 8.58.